The van der Waals surface area contributed by atoms with Gasteiger partial charge >= 0.3 is 0 Å². The van der Waals surface area contributed by atoms with Crippen molar-refractivity contribution in [2.24, 2.45) is 20.0 Å². The number of rotatable bonds is 24. The molecular formula is C100H92BrCl4FN16O8. The first-order valence-electron chi connectivity index (χ1n) is 41.1. The van der Waals surface area contributed by atoms with E-state index in [1.54, 1.807) is 115 Å². The van der Waals surface area contributed by atoms with Gasteiger partial charge in [-0.15, -0.1) is 0 Å². The molecule has 0 fully saturated rings. The van der Waals surface area contributed by atoms with Crippen LogP contribution < -0.4 is 21.3 Å². The molecule has 4 amide bonds. The number of ketones is 4. The number of anilines is 4. The van der Waals surface area contributed by atoms with Crippen LogP contribution in [0.25, 0.3) is 0 Å². The van der Waals surface area contributed by atoms with Crippen molar-refractivity contribution in [3.63, 3.8) is 0 Å². The number of benzene rings is 8. The summed E-state index contributed by atoms with van der Waals surface area (Å²) in [4.78, 5) is 146. The van der Waals surface area contributed by atoms with Crippen LogP contribution in [0.15, 0.2) is 262 Å². The van der Waals surface area contributed by atoms with Crippen LogP contribution >= 0.6 is 62.3 Å². The molecule has 30 heteroatoms. The number of carbonyl (C=O) groups excluding carboxylic acids is 8. The van der Waals surface area contributed by atoms with Gasteiger partial charge in [-0.05, 0) is 156 Å². The molecule has 0 spiro atoms. The van der Waals surface area contributed by atoms with Gasteiger partial charge in [0.05, 0.1) is 46.8 Å². The van der Waals surface area contributed by atoms with Crippen molar-refractivity contribution in [3.05, 3.63) is 373 Å². The van der Waals surface area contributed by atoms with Gasteiger partial charge in [-0.25, -0.2) is 24.3 Å². The number of hydrogen-bond acceptors (Lipinski definition) is 20. The number of amidine groups is 4. The first-order valence-corrected chi connectivity index (χ1v) is 43.4. The summed E-state index contributed by atoms with van der Waals surface area (Å²) in [5.41, 5.74) is 11.9. The topological polar surface area (TPSA) is 299 Å². The van der Waals surface area contributed by atoms with E-state index in [1.807, 2.05) is 145 Å². The Hall–Kier alpha value is -13.6. The number of aromatic nitrogens is 4. The number of amides is 4. The molecule has 12 aromatic rings. The van der Waals surface area contributed by atoms with E-state index in [2.05, 4.69) is 91.8 Å². The number of carbonyl (C=O) groups is 8. The fourth-order valence-electron chi connectivity index (χ4n) is 14.4. The molecule has 0 aliphatic carbocycles. The second-order valence-electron chi connectivity index (χ2n) is 30.8. The second kappa shape index (κ2) is 44.4. The molecule has 0 saturated carbocycles. The molecule has 16 rings (SSSR count). The second-order valence-corrected chi connectivity index (χ2v) is 33.5. The van der Waals surface area contributed by atoms with E-state index >= 15 is 0 Å². The van der Waals surface area contributed by atoms with E-state index in [9.17, 15) is 42.7 Å². The lowest BCUT2D eigenvalue weighted by atomic mass is 9.96. The highest BCUT2D eigenvalue weighted by Gasteiger charge is 2.27. The highest BCUT2D eigenvalue weighted by molar-refractivity contribution is 9.10. The first-order chi connectivity index (χ1) is 62.0. The van der Waals surface area contributed by atoms with Gasteiger partial charge in [-0.3, -0.25) is 58.3 Å². The highest BCUT2D eigenvalue weighted by Crippen LogP contribution is 2.29. The smallest absolute Gasteiger partial charge is 0.257 e. The van der Waals surface area contributed by atoms with Crippen molar-refractivity contribution < 1.29 is 42.7 Å². The quantitative estimate of drug-likeness (QED) is 0.0409. The molecule has 662 valence electrons. The maximum absolute atomic E-state index is 14.8. The van der Waals surface area contributed by atoms with Crippen molar-refractivity contribution in [3.8, 4) is 0 Å². The first kappa shape index (κ1) is 95.5. The molecule has 24 nitrogen and oxygen atoms in total. The Kier molecular flexibility index (Phi) is 32.6. The summed E-state index contributed by atoms with van der Waals surface area (Å²) < 4.78 is 15.6. The standard InChI is InChI=1S/C25H23BrN4O2.C25H22Cl2N4O2.C25H23ClN4O2.C24H20ClFN4O2.CH4/c1-16-3-4-19(21(13-16)25(32)29-23-10-9-20(26)15-28-23)14-22(31)17-5-7-18(8-6-17)24-27-11-12-30(24)2;1-15-11-20(25(33)30-23-8-7-18(26)14-29-23)19(21(27)12-15)13-22(32)16-3-5-17(6-4-16)24-28-9-10-31(24)2;1-16-3-4-19(21(13-16)25(32)29-23-10-9-20(26)15-28-23)14-22(31)17-5-7-18(8-6-17)24-27-11-12-30(24)2;1-30-11-10-27-23(30)16-6-8-19(20(26)12-16)21(31)13-15-4-2-3-5-18(15)24(32)29-22-9-7-17(25)14-28-22;/h3-10,13,15H,11-12,14H2,1-2H3,(H,28,29,32);3-8,11-12,14H,9-10,13H2,1-2H3,(H,29,30,33);3-10,13,15H,11-12,14H2,1-2H3,(H,28,29,32);2-9,12,14H,10-11,13H2,1H3,(H,28,29,32);1H4. The number of hydrogen-bond donors (Lipinski definition) is 4. The summed E-state index contributed by atoms with van der Waals surface area (Å²) in [5.74, 6) is 2.39. The highest BCUT2D eigenvalue weighted by atomic mass is 79.9. The Balaban J connectivity index is 0.000000156. The van der Waals surface area contributed by atoms with Crippen LogP contribution in [0.4, 0.5) is 27.7 Å². The van der Waals surface area contributed by atoms with Gasteiger partial charge in [0, 0.05) is 176 Å². The molecule has 0 unspecified atom stereocenters. The van der Waals surface area contributed by atoms with Crippen LogP contribution in [0.5, 0.6) is 0 Å². The zero-order valence-electron chi connectivity index (χ0n) is 71.4. The largest absolute Gasteiger partial charge is 0.358 e. The number of nitrogens with zero attached hydrogens (tertiary/aromatic N) is 12. The van der Waals surface area contributed by atoms with Crippen LogP contribution in [0.3, 0.4) is 0 Å². The zero-order valence-corrected chi connectivity index (χ0v) is 76.0. The van der Waals surface area contributed by atoms with Crippen molar-refractivity contribution in [2.45, 2.75) is 53.9 Å². The van der Waals surface area contributed by atoms with Crippen LogP contribution in [-0.2, 0) is 25.7 Å². The Morgan fingerprint density at radius 1 is 0.346 bits per heavy atom. The van der Waals surface area contributed by atoms with Crippen LogP contribution in [0, 0.1) is 26.6 Å². The molecular weight excluding hydrogens is 1790 g/mol. The summed E-state index contributed by atoms with van der Waals surface area (Å²) in [7, 11) is 7.91. The van der Waals surface area contributed by atoms with Gasteiger partial charge < -0.3 is 40.9 Å². The molecule has 8 aromatic carbocycles. The van der Waals surface area contributed by atoms with Crippen LogP contribution in [0.2, 0.25) is 20.1 Å². The van der Waals surface area contributed by atoms with E-state index < -0.39 is 23.4 Å². The molecule has 130 heavy (non-hydrogen) atoms. The third kappa shape index (κ3) is 25.0. The Morgan fingerprint density at radius 3 is 1.05 bits per heavy atom. The Labute approximate surface area is 781 Å². The average Bonchev–Trinajstić information content (AvgIpc) is 1.32. The normalized spacial score (nSPS) is 13.0. The van der Waals surface area contributed by atoms with Crippen LogP contribution in [-0.4, -0.2) is 190 Å². The number of likely N-dealkylation sites (N-methyl/N-ethyl adjacent to an activating group) is 4. The molecule has 8 heterocycles. The van der Waals surface area contributed by atoms with Crippen LogP contribution in [0.1, 0.15) is 151 Å². The van der Waals surface area contributed by atoms with E-state index in [0.29, 0.717) is 123 Å². The van der Waals surface area contributed by atoms with Crippen molar-refractivity contribution in [1.29, 1.82) is 0 Å². The minimum Gasteiger partial charge on any atom is -0.358 e. The summed E-state index contributed by atoms with van der Waals surface area (Å²) in [6.45, 7) is 12.2. The molecule has 0 bridgehead atoms. The number of Topliss-reactive ketones (excluding diaryl/α,β-unsaturated/α-hetero) is 4. The number of halogens is 6. The SMILES string of the molecule is C.CN1CCN=C1c1ccc(C(=O)Cc2ccccc2C(=O)Nc2ccc(Cl)cn2)c(F)c1.Cc1cc(Cl)c(CC(=O)c2ccc(C3=NCCN3C)cc2)c(C(=O)Nc2ccc(Cl)cn2)c1.Cc1ccc(CC(=O)c2ccc(C3=NCCN3C)cc2)c(C(=O)Nc2ccc(Br)cn2)c1.Cc1ccc(CC(=O)c2ccc(C3=NCCN3C)cc2)c(C(=O)Nc2ccc(Cl)cn2)c1. The lowest BCUT2D eigenvalue weighted by molar-refractivity contribution is 0.0977. The lowest BCUT2D eigenvalue weighted by Gasteiger charge is -2.14. The van der Waals surface area contributed by atoms with E-state index in [4.69, 9.17) is 46.4 Å². The third-order valence-electron chi connectivity index (χ3n) is 21.3. The Bertz CT molecular complexity index is 6180. The number of aryl methyl sites for hydroxylation is 3. The van der Waals surface area contributed by atoms with E-state index in [1.165, 1.54) is 30.7 Å². The molecule has 4 aromatic heterocycles. The summed E-state index contributed by atoms with van der Waals surface area (Å²) in [6, 6.07) is 61.3. The number of nitrogens with one attached hydrogen (secondary N) is 4. The summed E-state index contributed by atoms with van der Waals surface area (Å²) >= 11 is 27.3. The fourth-order valence-corrected chi connectivity index (χ4v) is 15.4. The molecule has 4 N–H and O–H groups in total. The molecule has 4 aliphatic rings. The lowest BCUT2D eigenvalue weighted by Crippen LogP contribution is -2.23. The van der Waals surface area contributed by atoms with Gasteiger partial charge in [0.25, 0.3) is 23.6 Å². The number of pyridine rings is 4. The van der Waals surface area contributed by atoms with Gasteiger partial charge in [0.2, 0.25) is 0 Å². The minimum absolute atomic E-state index is 0. The molecule has 0 saturated heterocycles. The van der Waals surface area contributed by atoms with Crippen molar-refractivity contribution in [2.75, 3.05) is 102 Å². The number of aliphatic imine (C=N–C) groups is 4. The summed E-state index contributed by atoms with van der Waals surface area (Å²) in [5, 5.41) is 12.8. The van der Waals surface area contributed by atoms with E-state index in [0.717, 1.165) is 101 Å². The monoisotopic (exact) mass is 1880 g/mol. The third-order valence-corrected chi connectivity index (χ3v) is 22.8. The predicted molar refractivity (Wildman–Crippen MR) is 517 cm³/mol. The molecule has 4 aliphatic heterocycles. The summed E-state index contributed by atoms with van der Waals surface area (Å²) in [6.07, 6.45) is 6.10. The predicted octanol–water partition coefficient (Wildman–Crippen LogP) is 18.9. The van der Waals surface area contributed by atoms with Crippen molar-refractivity contribution >= 4 is 156 Å². The average molecular weight is 1890 g/mol. The molecule has 0 atom stereocenters. The van der Waals surface area contributed by atoms with Gasteiger partial charge in [-0.2, -0.15) is 0 Å². The maximum Gasteiger partial charge on any atom is 0.257 e. The Morgan fingerprint density at radius 2 is 0.685 bits per heavy atom. The zero-order chi connectivity index (χ0) is 91.5. The van der Waals surface area contributed by atoms with Gasteiger partial charge in [0.15, 0.2) is 23.1 Å². The molecule has 0 radical (unpaired) electrons. The fraction of sp³-hybridized carbons (Fsp3) is 0.200. The maximum atomic E-state index is 14.8. The van der Waals surface area contributed by atoms with E-state index in [-0.39, 0.29) is 67.8 Å². The van der Waals surface area contributed by atoms with Gasteiger partial charge in [-0.1, -0.05) is 186 Å². The van der Waals surface area contributed by atoms with Crippen molar-refractivity contribution in [1.82, 2.24) is 39.5 Å². The van der Waals surface area contributed by atoms with Gasteiger partial charge in [0.1, 0.15) is 52.4 Å². The minimum atomic E-state index is -0.609.